The molecule has 168 valence electrons. The average Bonchev–Trinajstić information content (AvgIpc) is 3.36. The Morgan fingerprint density at radius 1 is 1.06 bits per heavy atom. The lowest BCUT2D eigenvalue weighted by molar-refractivity contribution is -0.147. The van der Waals surface area contributed by atoms with Crippen molar-refractivity contribution in [3.63, 3.8) is 0 Å². The highest BCUT2D eigenvalue weighted by Crippen LogP contribution is 2.36. The number of hydrogen-bond donors (Lipinski definition) is 0. The third kappa shape index (κ3) is 4.39. The van der Waals surface area contributed by atoms with Crippen LogP contribution in [0.2, 0.25) is 0 Å². The van der Waals surface area contributed by atoms with E-state index in [1.54, 1.807) is 18.2 Å². The van der Waals surface area contributed by atoms with Gasteiger partial charge < -0.3 is 18.9 Å². The number of hydrogen-bond acceptors (Lipinski definition) is 7. The van der Waals surface area contributed by atoms with Gasteiger partial charge in [0.25, 0.3) is 0 Å². The summed E-state index contributed by atoms with van der Waals surface area (Å²) in [5.41, 5.74) is 0.601. The fourth-order valence-corrected chi connectivity index (χ4v) is 3.68. The molecule has 0 bridgehead atoms. The fourth-order valence-electron chi connectivity index (χ4n) is 3.68. The number of amides is 1. The molecule has 0 saturated carbocycles. The third-order valence-electron chi connectivity index (χ3n) is 5.32. The van der Waals surface area contributed by atoms with Gasteiger partial charge in [0.05, 0.1) is 0 Å². The maximum Gasteiger partial charge on any atom is 0.413 e. The van der Waals surface area contributed by atoms with E-state index in [-0.39, 0.29) is 25.6 Å². The van der Waals surface area contributed by atoms with Crippen LogP contribution in [-0.2, 0) is 20.9 Å². The lowest BCUT2D eigenvalue weighted by Crippen LogP contribution is -2.48. The van der Waals surface area contributed by atoms with Crippen LogP contribution in [0.15, 0.2) is 48.5 Å². The highest BCUT2D eigenvalue weighted by molar-refractivity contribution is 6.00. The van der Waals surface area contributed by atoms with E-state index in [1.807, 2.05) is 51.1 Å². The second kappa shape index (κ2) is 8.53. The van der Waals surface area contributed by atoms with Gasteiger partial charge in [-0.25, -0.2) is 9.59 Å². The highest BCUT2D eigenvalue weighted by atomic mass is 16.7. The van der Waals surface area contributed by atoms with Gasteiger partial charge in [0, 0.05) is 17.4 Å². The van der Waals surface area contributed by atoms with Crippen LogP contribution in [0.3, 0.4) is 0 Å². The zero-order valence-corrected chi connectivity index (χ0v) is 18.2. The van der Waals surface area contributed by atoms with Crippen LogP contribution in [0.4, 0.5) is 4.79 Å². The van der Waals surface area contributed by atoms with Crippen molar-refractivity contribution in [3.05, 3.63) is 59.7 Å². The van der Waals surface area contributed by atoms with Crippen LogP contribution in [0.25, 0.3) is 0 Å². The van der Waals surface area contributed by atoms with E-state index in [1.165, 1.54) is 4.90 Å². The summed E-state index contributed by atoms with van der Waals surface area (Å²) in [4.78, 5) is 39.9. The van der Waals surface area contributed by atoms with Crippen molar-refractivity contribution in [2.75, 3.05) is 6.79 Å². The number of fused-ring (bicyclic) bond motifs is 1. The van der Waals surface area contributed by atoms with Gasteiger partial charge in [0.2, 0.25) is 6.79 Å². The van der Waals surface area contributed by atoms with E-state index in [9.17, 15) is 14.4 Å². The zero-order valence-electron chi connectivity index (χ0n) is 18.2. The number of carbonyl (C=O) groups is 3. The Morgan fingerprint density at radius 3 is 2.50 bits per heavy atom. The van der Waals surface area contributed by atoms with E-state index in [4.69, 9.17) is 18.9 Å². The summed E-state index contributed by atoms with van der Waals surface area (Å²) in [5.74, 6) is 0.0774. The first-order valence-corrected chi connectivity index (χ1v) is 10.4. The molecule has 8 heteroatoms. The zero-order chi connectivity index (χ0) is 22.9. The minimum Gasteiger partial charge on any atom is -0.454 e. The van der Waals surface area contributed by atoms with Crippen LogP contribution in [0.1, 0.15) is 43.1 Å². The predicted octanol–water partition coefficient (Wildman–Crippen LogP) is 3.92. The quantitative estimate of drug-likeness (QED) is 0.515. The van der Waals surface area contributed by atoms with Gasteiger partial charge in [-0.3, -0.25) is 9.69 Å². The molecule has 2 aliphatic rings. The Kier molecular flexibility index (Phi) is 5.78. The lowest BCUT2D eigenvalue weighted by atomic mass is 9.93. The van der Waals surface area contributed by atoms with Crippen molar-refractivity contribution < 1.29 is 33.3 Å². The van der Waals surface area contributed by atoms with E-state index in [0.29, 0.717) is 17.1 Å². The summed E-state index contributed by atoms with van der Waals surface area (Å²) in [5, 5.41) is 0. The van der Waals surface area contributed by atoms with Crippen molar-refractivity contribution in [1.82, 2.24) is 4.90 Å². The lowest BCUT2D eigenvalue weighted by Gasteiger charge is -2.33. The van der Waals surface area contributed by atoms with E-state index >= 15 is 0 Å². The molecular formula is C24H25NO7. The number of ketones is 1. The topological polar surface area (TPSA) is 91.4 Å². The SMILES string of the molecule is CC(C)(C)[C@@H]1OC(=O)[C@H](CC(=O)c2ccc3c(c2)OCO3)N1C(=O)OCc1ccccc1. The Bertz CT molecular complexity index is 1030. The van der Waals surface area contributed by atoms with Gasteiger partial charge in [-0.15, -0.1) is 0 Å². The molecule has 0 N–H and O–H groups in total. The molecule has 0 spiro atoms. The number of esters is 1. The summed E-state index contributed by atoms with van der Waals surface area (Å²) in [6, 6.07) is 13.0. The summed E-state index contributed by atoms with van der Waals surface area (Å²) < 4.78 is 21.6. The molecular weight excluding hydrogens is 414 g/mol. The van der Waals surface area contributed by atoms with Gasteiger partial charge >= 0.3 is 12.1 Å². The number of cyclic esters (lactones) is 1. The largest absolute Gasteiger partial charge is 0.454 e. The monoisotopic (exact) mass is 439 g/mol. The van der Waals surface area contributed by atoms with Crippen LogP contribution in [0, 0.1) is 5.41 Å². The number of ether oxygens (including phenoxy) is 4. The van der Waals surface area contributed by atoms with Crippen LogP contribution in [0.5, 0.6) is 11.5 Å². The van der Waals surface area contributed by atoms with E-state index in [0.717, 1.165) is 5.56 Å². The summed E-state index contributed by atoms with van der Waals surface area (Å²) in [6.45, 7) is 5.69. The Hall–Kier alpha value is -3.55. The second-order valence-corrected chi connectivity index (χ2v) is 8.81. The number of nitrogens with zero attached hydrogens (tertiary/aromatic N) is 1. The van der Waals surface area contributed by atoms with Gasteiger partial charge in [0.15, 0.2) is 23.5 Å². The van der Waals surface area contributed by atoms with E-state index in [2.05, 4.69) is 0 Å². The fraction of sp³-hybridized carbons (Fsp3) is 0.375. The molecule has 0 radical (unpaired) electrons. The first-order valence-electron chi connectivity index (χ1n) is 10.4. The summed E-state index contributed by atoms with van der Waals surface area (Å²) >= 11 is 0. The molecule has 0 unspecified atom stereocenters. The number of rotatable bonds is 5. The normalized spacial score (nSPS) is 19.6. The van der Waals surface area contributed by atoms with Gasteiger partial charge in [-0.2, -0.15) is 0 Å². The van der Waals surface area contributed by atoms with Crippen LogP contribution < -0.4 is 9.47 Å². The van der Waals surface area contributed by atoms with Crippen molar-refractivity contribution in [2.24, 2.45) is 5.41 Å². The molecule has 2 aromatic rings. The molecule has 4 rings (SSSR count). The third-order valence-corrected chi connectivity index (χ3v) is 5.32. The van der Waals surface area contributed by atoms with Crippen LogP contribution in [-0.4, -0.2) is 41.8 Å². The standard InChI is InChI=1S/C24H25NO7/c1-24(2,3)22-25(23(28)29-13-15-7-5-4-6-8-15)17(21(27)32-22)12-18(26)16-9-10-19-20(11-16)31-14-30-19/h4-11,17,22H,12-14H2,1-3H3/t17-,22-/m0/s1. The molecule has 2 heterocycles. The van der Waals surface area contributed by atoms with Crippen molar-refractivity contribution in [3.8, 4) is 11.5 Å². The van der Waals surface area contributed by atoms with Gasteiger partial charge in [-0.1, -0.05) is 51.1 Å². The molecule has 2 aliphatic heterocycles. The highest BCUT2D eigenvalue weighted by Gasteiger charge is 2.51. The van der Waals surface area contributed by atoms with Crippen molar-refractivity contribution in [1.29, 1.82) is 0 Å². The molecule has 1 saturated heterocycles. The van der Waals surface area contributed by atoms with Gasteiger partial charge in [-0.05, 0) is 23.8 Å². The molecule has 2 atom stereocenters. The summed E-state index contributed by atoms with van der Waals surface area (Å²) in [6.07, 6.45) is -1.79. The maximum absolute atomic E-state index is 13.0. The molecule has 32 heavy (non-hydrogen) atoms. The smallest absolute Gasteiger partial charge is 0.413 e. The Labute approximate surface area is 186 Å². The van der Waals surface area contributed by atoms with Crippen LogP contribution >= 0.6 is 0 Å². The minimum absolute atomic E-state index is 0.0457. The van der Waals surface area contributed by atoms with Gasteiger partial charge in [0.1, 0.15) is 12.6 Å². The molecule has 1 fully saturated rings. The first-order chi connectivity index (χ1) is 15.2. The molecule has 2 aromatic carbocycles. The Morgan fingerprint density at radius 2 is 1.78 bits per heavy atom. The number of Topliss-reactive ketones (excluding diaryl/α,β-unsaturated/α-hetero) is 1. The molecule has 8 nitrogen and oxygen atoms in total. The minimum atomic E-state index is -1.08. The second-order valence-electron chi connectivity index (χ2n) is 8.81. The first kappa shape index (κ1) is 21.7. The molecule has 0 aliphatic carbocycles. The Balaban J connectivity index is 1.53. The number of carbonyl (C=O) groups excluding carboxylic acids is 3. The maximum atomic E-state index is 13.0. The van der Waals surface area contributed by atoms with E-state index < -0.39 is 29.7 Å². The summed E-state index contributed by atoms with van der Waals surface area (Å²) in [7, 11) is 0. The number of benzene rings is 2. The molecule has 0 aromatic heterocycles. The average molecular weight is 439 g/mol. The predicted molar refractivity (Wildman–Crippen MR) is 113 cm³/mol. The molecule has 1 amide bonds. The van der Waals surface area contributed by atoms with Crippen molar-refractivity contribution >= 4 is 17.8 Å². The van der Waals surface area contributed by atoms with Crippen molar-refractivity contribution in [2.45, 2.75) is 46.1 Å².